The van der Waals surface area contributed by atoms with Gasteiger partial charge < -0.3 is 0 Å². The van der Waals surface area contributed by atoms with Crippen LogP contribution in [0, 0.1) is 18.8 Å². The largest absolute Gasteiger partial charge is 0.266 e. The van der Waals surface area contributed by atoms with Gasteiger partial charge in [-0.3, -0.25) is 4.40 Å². The van der Waals surface area contributed by atoms with Crippen LogP contribution >= 0.6 is 11.6 Å². The van der Waals surface area contributed by atoms with Gasteiger partial charge in [-0.1, -0.05) is 24.4 Å². The molecule has 2 atom stereocenters. The molecule has 2 aliphatic carbocycles. The molecule has 0 saturated heterocycles. The number of hydrogen-bond acceptors (Lipinski definition) is 3. The predicted octanol–water partition coefficient (Wildman–Crippen LogP) is 2.99. The molecule has 0 aromatic carbocycles. The van der Waals surface area contributed by atoms with Gasteiger partial charge in [0.2, 0.25) is 0 Å². The third-order valence-corrected chi connectivity index (χ3v) is 4.70. The van der Waals surface area contributed by atoms with E-state index >= 15 is 0 Å². The highest BCUT2D eigenvalue weighted by Gasteiger charge is 2.53. The van der Waals surface area contributed by atoms with Crippen LogP contribution in [0.3, 0.4) is 0 Å². The van der Waals surface area contributed by atoms with Crippen molar-refractivity contribution in [1.29, 1.82) is 0 Å². The van der Waals surface area contributed by atoms with Crippen molar-refractivity contribution in [2.24, 2.45) is 11.8 Å². The minimum atomic E-state index is 0.493. The molecular weight excluding hydrogens is 248 g/mol. The van der Waals surface area contributed by atoms with Gasteiger partial charge in [-0.2, -0.15) is 0 Å². The first kappa shape index (κ1) is 10.7. The van der Waals surface area contributed by atoms with E-state index in [9.17, 15) is 0 Å². The molecule has 2 heterocycles. The van der Waals surface area contributed by atoms with Gasteiger partial charge in [0.25, 0.3) is 0 Å². The molecule has 4 rings (SSSR count). The lowest BCUT2D eigenvalue weighted by molar-refractivity contribution is 0.480. The third kappa shape index (κ3) is 1.41. The highest BCUT2D eigenvalue weighted by Crippen LogP contribution is 2.60. The maximum absolute atomic E-state index is 5.96. The molecule has 0 radical (unpaired) electrons. The molecule has 4 nitrogen and oxygen atoms in total. The van der Waals surface area contributed by atoms with E-state index in [1.807, 2.05) is 6.92 Å². The molecule has 5 heteroatoms. The summed E-state index contributed by atoms with van der Waals surface area (Å²) in [6.07, 6.45) is 5.45. The Morgan fingerprint density at radius 2 is 1.94 bits per heavy atom. The van der Waals surface area contributed by atoms with Crippen LogP contribution in [0.15, 0.2) is 6.07 Å². The van der Waals surface area contributed by atoms with Crippen molar-refractivity contribution in [3.8, 4) is 0 Å². The van der Waals surface area contributed by atoms with E-state index in [4.69, 9.17) is 11.6 Å². The third-order valence-electron chi connectivity index (χ3n) is 4.51. The fourth-order valence-electron chi connectivity index (χ4n) is 3.67. The predicted molar refractivity (Wildman–Crippen MR) is 68.7 cm³/mol. The fraction of sp³-hybridized carbons (Fsp3) is 0.615. The molecule has 94 valence electrons. The SMILES string of the molecule is Cc1nc(Cl)cc2nnc(C3C4CCCCC43)n12. The molecule has 2 fully saturated rings. The van der Waals surface area contributed by atoms with Crippen LogP contribution in [-0.2, 0) is 0 Å². The lowest BCUT2D eigenvalue weighted by Gasteiger charge is -2.04. The summed E-state index contributed by atoms with van der Waals surface area (Å²) in [7, 11) is 0. The number of fused-ring (bicyclic) bond motifs is 2. The minimum Gasteiger partial charge on any atom is -0.266 e. The second-order valence-electron chi connectivity index (χ2n) is 5.52. The number of hydrogen-bond donors (Lipinski definition) is 0. The number of aryl methyl sites for hydroxylation is 1. The summed E-state index contributed by atoms with van der Waals surface area (Å²) >= 11 is 5.96. The number of halogens is 1. The summed E-state index contributed by atoms with van der Waals surface area (Å²) in [5.41, 5.74) is 0.825. The van der Waals surface area contributed by atoms with Crippen molar-refractivity contribution >= 4 is 17.2 Å². The van der Waals surface area contributed by atoms with Crippen LogP contribution in [0.4, 0.5) is 0 Å². The average molecular weight is 263 g/mol. The maximum atomic E-state index is 5.96. The van der Waals surface area contributed by atoms with Gasteiger partial charge in [0.1, 0.15) is 16.8 Å². The van der Waals surface area contributed by atoms with Crippen molar-refractivity contribution < 1.29 is 0 Å². The molecule has 2 saturated carbocycles. The van der Waals surface area contributed by atoms with Crippen molar-refractivity contribution in [2.45, 2.75) is 38.5 Å². The summed E-state index contributed by atoms with van der Waals surface area (Å²) < 4.78 is 2.08. The Hall–Kier alpha value is -1.16. The zero-order chi connectivity index (χ0) is 12.3. The van der Waals surface area contributed by atoms with Gasteiger partial charge in [-0.25, -0.2) is 4.98 Å². The van der Waals surface area contributed by atoms with Crippen LogP contribution < -0.4 is 0 Å². The molecule has 18 heavy (non-hydrogen) atoms. The summed E-state index contributed by atoms with van der Waals surface area (Å²) in [5, 5.41) is 9.14. The topological polar surface area (TPSA) is 43.1 Å². The molecular formula is C13H15ClN4. The van der Waals surface area contributed by atoms with Gasteiger partial charge in [0.15, 0.2) is 5.65 Å². The standard InChI is InChI=1S/C13H15ClN4/c1-7-15-10(14)6-11-16-17-13(18(7)11)12-8-4-2-3-5-9(8)12/h6,8-9,12H,2-5H2,1H3. The monoisotopic (exact) mass is 262 g/mol. The van der Waals surface area contributed by atoms with E-state index in [1.165, 1.54) is 25.7 Å². The smallest absolute Gasteiger partial charge is 0.165 e. The first-order valence-corrected chi connectivity index (χ1v) is 7.01. The van der Waals surface area contributed by atoms with Crippen LogP contribution in [0.1, 0.15) is 43.3 Å². The zero-order valence-corrected chi connectivity index (χ0v) is 11.1. The summed E-state index contributed by atoms with van der Waals surface area (Å²) in [6, 6.07) is 1.79. The van der Waals surface area contributed by atoms with Gasteiger partial charge >= 0.3 is 0 Å². The van der Waals surface area contributed by atoms with Gasteiger partial charge in [0, 0.05) is 12.0 Å². The van der Waals surface area contributed by atoms with Gasteiger partial charge in [-0.15, -0.1) is 10.2 Å². The summed E-state index contributed by atoms with van der Waals surface area (Å²) in [4.78, 5) is 4.31. The Labute approximate surface area is 110 Å². The lowest BCUT2D eigenvalue weighted by atomic mass is 10.0. The van der Waals surface area contributed by atoms with Crippen LogP contribution in [0.2, 0.25) is 5.15 Å². The highest BCUT2D eigenvalue weighted by atomic mass is 35.5. The first-order valence-electron chi connectivity index (χ1n) is 6.64. The van der Waals surface area contributed by atoms with Crippen molar-refractivity contribution in [3.05, 3.63) is 22.9 Å². The summed E-state index contributed by atoms with van der Waals surface area (Å²) in [6.45, 7) is 1.97. The van der Waals surface area contributed by atoms with E-state index in [0.29, 0.717) is 11.1 Å². The molecule has 2 unspecified atom stereocenters. The lowest BCUT2D eigenvalue weighted by Crippen LogP contribution is -2.01. The van der Waals surface area contributed by atoms with E-state index < -0.39 is 0 Å². The van der Waals surface area contributed by atoms with Gasteiger partial charge in [-0.05, 0) is 31.6 Å². The fourth-order valence-corrected chi connectivity index (χ4v) is 3.89. The molecule has 0 bridgehead atoms. The molecule has 0 amide bonds. The second kappa shape index (κ2) is 3.67. The van der Waals surface area contributed by atoms with E-state index in [-0.39, 0.29) is 0 Å². The number of rotatable bonds is 1. The zero-order valence-electron chi connectivity index (χ0n) is 10.3. The van der Waals surface area contributed by atoms with Crippen molar-refractivity contribution in [2.75, 3.05) is 0 Å². The van der Waals surface area contributed by atoms with Crippen LogP contribution in [-0.4, -0.2) is 19.6 Å². The van der Waals surface area contributed by atoms with Crippen molar-refractivity contribution in [3.63, 3.8) is 0 Å². The Morgan fingerprint density at radius 1 is 1.22 bits per heavy atom. The molecule has 2 aliphatic rings. The Bertz CT molecular complexity index is 609. The number of aromatic nitrogens is 4. The normalized spacial score (nSPS) is 30.4. The summed E-state index contributed by atoms with van der Waals surface area (Å²) in [5.74, 6) is 4.26. The first-order chi connectivity index (χ1) is 8.75. The Morgan fingerprint density at radius 3 is 2.67 bits per heavy atom. The quantitative estimate of drug-likeness (QED) is 0.742. The van der Waals surface area contributed by atoms with Crippen LogP contribution in [0.5, 0.6) is 0 Å². The van der Waals surface area contributed by atoms with Gasteiger partial charge in [0.05, 0.1) is 0 Å². The van der Waals surface area contributed by atoms with E-state index in [2.05, 4.69) is 19.6 Å². The second-order valence-corrected chi connectivity index (χ2v) is 5.90. The average Bonchev–Trinajstić information content (AvgIpc) is 2.92. The van der Waals surface area contributed by atoms with E-state index in [0.717, 1.165) is 29.1 Å². The maximum Gasteiger partial charge on any atom is 0.165 e. The highest BCUT2D eigenvalue weighted by molar-refractivity contribution is 6.29. The van der Waals surface area contributed by atoms with E-state index in [1.54, 1.807) is 6.07 Å². The Kier molecular flexibility index (Phi) is 2.19. The molecule has 2 aromatic heterocycles. The van der Waals surface area contributed by atoms with Crippen molar-refractivity contribution in [1.82, 2.24) is 19.6 Å². The Balaban J connectivity index is 1.82. The molecule has 0 aliphatic heterocycles. The molecule has 0 N–H and O–H groups in total. The van der Waals surface area contributed by atoms with Crippen LogP contribution in [0.25, 0.3) is 5.65 Å². The molecule has 0 spiro atoms. The minimum absolute atomic E-state index is 0.493. The molecule has 2 aromatic rings. The number of nitrogens with zero attached hydrogens (tertiary/aromatic N) is 4.